The molecule has 1 aromatic rings. The van der Waals surface area contributed by atoms with E-state index in [2.05, 4.69) is 26.0 Å². The third kappa shape index (κ3) is 4.06. The molecule has 3 nitrogen and oxygen atoms in total. The highest BCUT2D eigenvalue weighted by Gasteiger charge is 2.31. The Hall–Kier alpha value is -1.35. The van der Waals surface area contributed by atoms with Crippen LogP contribution >= 0.6 is 0 Å². The maximum absolute atomic E-state index is 12.5. The molecule has 0 aliphatic carbocycles. The zero-order chi connectivity index (χ0) is 14.5. The number of carbonyl (C=O) groups is 1. The van der Waals surface area contributed by atoms with Crippen LogP contribution in [0.3, 0.4) is 0 Å². The molecule has 0 radical (unpaired) electrons. The van der Waals surface area contributed by atoms with Crippen LogP contribution in [0.4, 0.5) is 0 Å². The van der Waals surface area contributed by atoms with Crippen molar-refractivity contribution in [1.82, 2.24) is 4.90 Å². The van der Waals surface area contributed by atoms with Gasteiger partial charge in [0, 0.05) is 13.1 Å². The van der Waals surface area contributed by atoms with Gasteiger partial charge < -0.3 is 10.6 Å². The van der Waals surface area contributed by atoms with Gasteiger partial charge in [0.05, 0.1) is 5.54 Å². The molecule has 0 aromatic heterocycles. The molecule has 0 saturated carbocycles. The number of likely N-dealkylation sites (N-methyl/N-ethyl adjacent to an activating group) is 1. The van der Waals surface area contributed by atoms with Crippen molar-refractivity contribution in [2.45, 2.75) is 52.6 Å². The first-order valence-electron chi connectivity index (χ1n) is 7.05. The Kier molecular flexibility index (Phi) is 5.55. The number of amides is 1. The predicted molar refractivity (Wildman–Crippen MR) is 79.8 cm³/mol. The molecule has 0 spiro atoms. The van der Waals surface area contributed by atoms with Crippen molar-refractivity contribution in [3.63, 3.8) is 0 Å². The lowest BCUT2D eigenvalue weighted by molar-refractivity contribution is -0.137. The van der Waals surface area contributed by atoms with Crippen molar-refractivity contribution >= 4 is 5.91 Å². The Balaban J connectivity index is 2.84. The van der Waals surface area contributed by atoms with Gasteiger partial charge in [0.25, 0.3) is 0 Å². The first kappa shape index (κ1) is 15.7. The molecule has 106 valence electrons. The van der Waals surface area contributed by atoms with Crippen LogP contribution < -0.4 is 5.73 Å². The van der Waals surface area contributed by atoms with Gasteiger partial charge in [-0.3, -0.25) is 4.79 Å². The Morgan fingerprint density at radius 2 is 1.95 bits per heavy atom. The molecule has 19 heavy (non-hydrogen) atoms. The van der Waals surface area contributed by atoms with Crippen molar-refractivity contribution in [1.29, 1.82) is 0 Å². The standard InChI is InChI=1S/C16H26N2O/c1-5-11-16(4,17)15(19)18(6-2)12-14-10-8-7-9-13(14)3/h7-10H,5-6,11-12,17H2,1-4H3. The first-order valence-corrected chi connectivity index (χ1v) is 7.05. The SMILES string of the molecule is CCCC(C)(N)C(=O)N(CC)Cc1ccccc1C. The molecule has 1 unspecified atom stereocenters. The second kappa shape index (κ2) is 6.71. The summed E-state index contributed by atoms with van der Waals surface area (Å²) in [5, 5.41) is 0. The van der Waals surface area contributed by atoms with E-state index in [1.54, 1.807) is 0 Å². The molecule has 1 rings (SSSR count). The van der Waals surface area contributed by atoms with E-state index in [0.29, 0.717) is 13.1 Å². The van der Waals surface area contributed by atoms with E-state index in [1.807, 2.05) is 30.9 Å². The Morgan fingerprint density at radius 3 is 2.47 bits per heavy atom. The molecule has 0 bridgehead atoms. The Labute approximate surface area is 116 Å². The summed E-state index contributed by atoms with van der Waals surface area (Å²) in [6.45, 7) is 9.27. The average Bonchev–Trinajstić information content (AvgIpc) is 2.37. The molecule has 2 N–H and O–H groups in total. The van der Waals surface area contributed by atoms with Gasteiger partial charge in [-0.1, -0.05) is 37.6 Å². The van der Waals surface area contributed by atoms with Crippen LogP contribution in [0, 0.1) is 6.92 Å². The lowest BCUT2D eigenvalue weighted by atomic mass is 9.95. The number of hydrogen-bond acceptors (Lipinski definition) is 2. The Morgan fingerprint density at radius 1 is 1.32 bits per heavy atom. The molecule has 0 saturated heterocycles. The molecule has 1 aromatic carbocycles. The van der Waals surface area contributed by atoms with Crippen LogP contribution in [0.5, 0.6) is 0 Å². The summed E-state index contributed by atoms with van der Waals surface area (Å²) in [6, 6.07) is 8.16. The van der Waals surface area contributed by atoms with E-state index >= 15 is 0 Å². The minimum atomic E-state index is -0.757. The van der Waals surface area contributed by atoms with Crippen molar-refractivity contribution in [3.8, 4) is 0 Å². The zero-order valence-electron chi connectivity index (χ0n) is 12.6. The van der Waals surface area contributed by atoms with Crippen molar-refractivity contribution in [2.75, 3.05) is 6.54 Å². The number of rotatable bonds is 6. The van der Waals surface area contributed by atoms with Gasteiger partial charge in [0.1, 0.15) is 0 Å². The smallest absolute Gasteiger partial charge is 0.242 e. The van der Waals surface area contributed by atoms with Crippen molar-refractivity contribution in [2.24, 2.45) is 5.73 Å². The normalized spacial score (nSPS) is 13.9. The van der Waals surface area contributed by atoms with Gasteiger partial charge in [-0.25, -0.2) is 0 Å². The van der Waals surface area contributed by atoms with Gasteiger partial charge in [-0.15, -0.1) is 0 Å². The van der Waals surface area contributed by atoms with Crippen molar-refractivity contribution in [3.05, 3.63) is 35.4 Å². The summed E-state index contributed by atoms with van der Waals surface area (Å²) in [7, 11) is 0. The zero-order valence-corrected chi connectivity index (χ0v) is 12.6. The summed E-state index contributed by atoms with van der Waals surface area (Å²) in [6.07, 6.45) is 1.64. The average molecular weight is 262 g/mol. The van der Waals surface area contributed by atoms with Crippen LogP contribution in [0.1, 0.15) is 44.7 Å². The second-order valence-corrected chi connectivity index (χ2v) is 5.41. The molecule has 0 heterocycles. The largest absolute Gasteiger partial charge is 0.337 e. The summed E-state index contributed by atoms with van der Waals surface area (Å²) in [5.41, 5.74) is 7.79. The van der Waals surface area contributed by atoms with E-state index < -0.39 is 5.54 Å². The highest BCUT2D eigenvalue weighted by molar-refractivity contribution is 5.85. The second-order valence-electron chi connectivity index (χ2n) is 5.41. The fourth-order valence-electron chi connectivity index (χ4n) is 2.31. The summed E-state index contributed by atoms with van der Waals surface area (Å²) < 4.78 is 0. The maximum atomic E-state index is 12.5. The van der Waals surface area contributed by atoms with Crippen LogP contribution in [-0.2, 0) is 11.3 Å². The molecule has 0 aliphatic heterocycles. The maximum Gasteiger partial charge on any atom is 0.242 e. The predicted octanol–water partition coefficient (Wildman–Crippen LogP) is 2.86. The third-order valence-corrected chi connectivity index (χ3v) is 3.55. The van der Waals surface area contributed by atoms with Gasteiger partial charge >= 0.3 is 0 Å². The number of carbonyl (C=O) groups excluding carboxylic acids is 1. The molecular weight excluding hydrogens is 236 g/mol. The van der Waals surface area contributed by atoms with Gasteiger partial charge in [0.2, 0.25) is 5.91 Å². The van der Waals surface area contributed by atoms with Crippen LogP contribution in [0.25, 0.3) is 0 Å². The highest BCUT2D eigenvalue weighted by atomic mass is 16.2. The third-order valence-electron chi connectivity index (χ3n) is 3.55. The lowest BCUT2D eigenvalue weighted by Crippen LogP contribution is -2.52. The van der Waals surface area contributed by atoms with Gasteiger partial charge in [-0.2, -0.15) is 0 Å². The van der Waals surface area contributed by atoms with E-state index in [9.17, 15) is 4.79 Å². The number of aryl methyl sites for hydroxylation is 1. The quantitative estimate of drug-likeness (QED) is 0.857. The minimum Gasteiger partial charge on any atom is -0.337 e. The van der Waals surface area contributed by atoms with Crippen LogP contribution in [0.2, 0.25) is 0 Å². The topological polar surface area (TPSA) is 46.3 Å². The minimum absolute atomic E-state index is 0.0418. The fraction of sp³-hybridized carbons (Fsp3) is 0.562. The first-order chi connectivity index (χ1) is 8.92. The fourth-order valence-corrected chi connectivity index (χ4v) is 2.31. The van der Waals surface area contributed by atoms with E-state index in [4.69, 9.17) is 5.73 Å². The summed E-state index contributed by atoms with van der Waals surface area (Å²) in [4.78, 5) is 14.3. The van der Waals surface area contributed by atoms with Crippen LogP contribution in [0.15, 0.2) is 24.3 Å². The molecule has 1 atom stereocenters. The molecule has 1 amide bonds. The summed E-state index contributed by atoms with van der Waals surface area (Å²) in [5.74, 6) is 0.0418. The Bertz CT molecular complexity index is 427. The molecule has 0 fully saturated rings. The van der Waals surface area contributed by atoms with E-state index in [-0.39, 0.29) is 5.91 Å². The number of benzene rings is 1. The van der Waals surface area contributed by atoms with Crippen molar-refractivity contribution < 1.29 is 4.79 Å². The number of nitrogens with zero attached hydrogens (tertiary/aromatic N) is 1. The van der Waals surface area contributed by atoms with Gasteiger partial charge in [0.15, 0.2) is 0 Å². The highest BCUT2D eigenvalue weighted by Crippen LogP contribution is 2.16. The summed E-state index contributed by atoms with van der Waals surface area (Å²) >= 11 is 0. The van der Waals surface area contributed by atoms with Gasteiger partial charge in [-0.05, 0) is 38.3 Å². The van der Waals surface area contributed by atoms with E-state index in [0.717, 1.165) is 12.8 Å². The molecule has 0 aliphatic rings. The molecular formula is C16H26N2O. The number of hydrogen-bond donors (Lipinski definition) is 1. The lowest BCUT2D eigenvalue weighted by Gasteiger charge is -2.31. The van der Waals surface area contributed by atoms with E-state index in [1.165, 1.54) is 11.1 Å². The van der Waals surface area contributed by atoms with Crippen LogP contribution in [-0.4, -0.2) is 22.9 Å². The monoisotopic (exact) mass is 262 g/mol. The molecule has 3 heteroatoms. The number of nitrogens with two attached hydrogens (primary N) is 1.